The van der Waals surface area contributed by atoms with Crippen molar-refractivity contribution < 1.29 is 0 Å². The average molecular weight is 839 g/mol. The molecular weight excluding hydrogens is 801 g/mol. The summed E-state index contributed by atoms with van der Waals surface area (Å²) in [7, 11) is 0. The molecule has 0 aliphatic rings. The molecule has 9 aromatic carbocycles. The Morgan fingerprint density at radius 3 is 1.41 bits per heavy atom. The van der Waals surface area contributed by atoms with Crippen LogP contribution in [0.5, 0.6) is 0 Å². The van der Waals surface area contributed by atoms with Crippen molar-refractivity contribution in [1.29, 1.82) is 0 Å². The summed E-state index contributed by atoms with van der Waals surface area (Å²) >= 11 is 3.65. The number of imidazole rings is 1. The Kier molecular flexibility index (Phi) is 9.25. The average Bonchev–Trinajstić information content (AvgIpc) is 4.14. The fourth-order valence-electron chi connectivity index (χ4n) is 9.30. The molecule has 12 aromatic rings. The molecule has 3 aromatic heterocycles. The van der Waals surface area contributed by atoms with Crippen LogP contribution in [0.15, 0.2) is 231 Å². The molecule has 0 radical (unpaired) electrons. The standard InChI is InChI=1S/C59H38N2S2/c1-4-18-39(19-5-1)43-24-10-12-26-45(43)57-47-28-14-15-29-48(47)58(46-27-13-11-25-44(46)40-20-6-2-7-21-40)50-38-41(32-33-49(50)57)53-34-35-54(62-53)55-36-37-56(63-55)59-60-51-30-16-17-31-52(51)61(59)42-22-8-3-9-23-42/h1-38H. The van der Waals surface area contributed by atoms with Crippen LogP contribution in [0.25, 0.3) is 114 Å². The first kappa shape index (κ1) is 37.2. The molecular formula is C59H38N2S2. The normalized spacial score (nSPS) is 11.5. The first-order chi connectivity index (χ1) is 31.3. The topological polar surface area (TPSA) is 17.8 Å². The van der Waals surface area contributed by atoms with Gasteiger partial charge in [-0.1, -0.05) is 176 Å². The Balaban J connectivity index is 1.04. The van der Waals surface area contributed by atoms with Crippen LogP contribution in [0.2, 0.25) is 0 Å². The number of rotatable bonds is 8. The lowest BCUT2D eigenvalue weighted by Gasteiger charge is -2.21. The number of fused-ring (bicyclic) bond motifs is 3. The summed E-state index contributed by atoms with van der Waals surface area (Å²) in [5.41, 5.74) is 14.2. The summed E-state index contributed by atoms with van der Waals surface area (Å²) < 4.78 is 2.28. The highest BCUT2D eigenvalue weighted by Crippen LogP contribution is 2.49. The van der Waals surface area contributed by atoms with Gasteiger partial charge in [0.15, 0.2) is 5.82 Å². The van der Waals surface area contributed by atoms with Crippen molar-refractivity contribution in [3.63, 3.8) is 0 Å². The third-order valence-electron chi connectivity index (χ3n) is 12.1. The molecule has 0 saturated heterocycles. The Bertz CT molecular complexity index is 3620. The van der Waals surface area contributed by atoms with Gasteiger partial charge in [0.05, 0.1) is 15.9 Å². The lowest BCUT2D eigenvalue weighted by molar-refractivity contribution is 1.11. The number of thiophene rings is 2. The third kappa shape index (κ3) is 6.51. The van der Waals surface area contributed by atoms with Crippen molar-refractivity contribution in [2.45, 2.75) is 0 Å². The minimum absolute atomic E-state index is 0.963. The molecule has 0 amide bonds. The molecule has 0 bridgehead atoms. The monoisotopic (exact) mass is 838 g/mol. The van der Waals surface area contributed by atoms with Crippen LogP contribution in [0.3, 0.4) is 0 Å². The first-order valence-corrected chi connectivity index (χ1v) is 22.9. The van der Waals surface area contributed by atoms with E-state index in [9.17, 15) is 0 Å². The predicted octanol–water partition coefficient (Wildman–Crippen LogP) is 17.1. The van der Waals surface area contributed by atoms with Crippen LogP contribution < -0.4 is 0 Å². The smallest absolute Gasteiger partial charge is 0.155 e. The van der Waals surface area contributed by atoms with Gasteiger partial charge >= 0.3 is 0 Å². The van der Waals surface area contributed by atoms with Crippen molar-refractivity contribution in [3.05, 3.63) is 231 Å². The second-order valence-electron chi connectivity index (χ2n) is 15.8. The van der Waals surface area contributed by atoms with Gasteiger partial charge in [0, 0.05) is 20.3 Å². The second kappa shape index (κ2) is 15.7. The van der Waals surface area contributed by atoms with E-state index in [0.29, 0.717) is 0 Å². The van der Waals surface area contributed by atoms with Gasteiger partial charge in [-0.15, -0.1) is 22.7 Å². The van der Waals surface area contributed by atoms with E-state index in [4.69, 9.17) is 4.98 Å². The quantitative estimate of drug-likeness (QED) is 0.139. The SMILES string of the molecule is c1ccc(-c2ccccc2-c2c3ccccc3c(-c3ccccc3-c3ccccc3)c3cc(-c4ccc(-c5ccc(-c6nc7ccccc7n6-c6ccccc6)s5)s4)ccc23)cc1. The molecule has 0 N–H and O–H groups in total. The van der Waals surface area contributed by atoms with Crippen LogP contribution in [0.4, 0.5) is 0 Å². The van der Waals surface area contributed by atoms with Gasteiger partial charge in [-0.05, 0) is 126 Å². The fraction of sp³-hybridized carbons (Fsp3) is 0. The minimum Gasteiger partial charge on any atom is -0.292 e. The van der Waals surface area contributed by atoms with Gasteiger partial charge in [0.2, 0.25) is 0 Å². The van der Waals surface area contributed by atoms with Crippen LogP contribution in [-0.4, -0.2) is 9.55 Å². The molecule has 63 heavy (non-hydrogen) atoms. The number of nitrogens with zero attached hydrogens (tertiary/aromatic N) is 2. The fourth-order valence-corrected chi connectivity index (χ4v) is 11.4. The van der Waals surface area contributed by atoms with E-state index >= 15 is 0 Å². The summed E-state index contributed by atoms with van der Waals surface area (Å²) in [6.45, 7) is 0. The lowest BCUT2D eigenvalue weighted by atomic mass is 9.82. The van der Waals surface area contributed by atoms with Crippen molar-refractivity contribution in [1.82, 2.24) is 9.55 Å². The van der Waals surface area contributed by atoms with Crippen molar-refractivity contribution >= 4 is 55.3 Å². The molecule has 0 aliphatic heterocycles. The third-order valence-corrected chi connectivity index (χ3v) is 14.5. The number of hydrogen-bond acceptors (Lipinski definition) is 3. The van der Waals surface area contributed by atoms with Gasteiger partial charge in [0.1, 0.15) is 0 Å². The van der Waals surface area contributed by atoms with Gasteiger partial charge < -0.3 is 0 Å². The van der Waals surface area contributed by atoms with E-state index in [1.807, 2.05) is 11.3 Å². The lowest BCUT2D eigenvalue weighted by Crippen LogP contribution is -1.95. The van der Waals surface area contributed by atoms with Crippen molar-refractivity contribution in [2.75, 3.05) is 0 Å². The van der Waals surface area contributed by atoms with Gasteiger partial charge in [-0.25, -0.2) is 4.98 Å². The second-order valence-corrected chi connectivity index (χ2v) is 18.0. The van der Waals surface area contributed by atoms with E-state index in [2.05, 4.69) is 235 Å². The molecule has 2 nitrogen and oxygen atoms in total. The van der Waals surface area contributed by atoms with Crippen LogP contribution >= 0.6 is 22.7 Å². The highest BCUT2D eigenvalue weighted by atomic mass is 32.1. The summed E-state index contributed by atoms with van der Waals surface area (Å²) in [5.74, 6) is 0.963. The Morgan fingerprint density at radius 2 is 0.778 bits per heavy atom. The molecule has 12 rings (SSSR count). The first-order valence-electron chi connectivity index (χ1n) is 21.3. The zero-order chi connectivity index (χ0) is 41.7. The number of aromatic nitrogens is 2. The summed E-state index contributed by atoms with van der Waals surface area (Å²) in [4.78, 5) is 10.0. The largest absolute Gasteiger partial charge is 0.292 e. The highest BCUT2D eigenvalue weighted by molar-refractivity contribution is 7.25. The minimum atomic E-state index is 0.963. The Hall–Kier alpha value is -7.63. The number of para-hydroxylation sites is 3. The van der Waals surface area contributed by atoms with E-state index in [1.165, 1.54) is 86.2 Å². The Morgan fingerprint density at radius 1 is 0.317 bits per heavy atom. The molecule has 0 unspecified atom stereocenters. The zero-order valence-corrected chi connectivity index (χ0v) is 35.8. The summed E-state index contributed by atoms with van der Waals surface area (Å²) in [6, 6.07) is 83.6. The molecule has 3 heterocycles. The van der Waals surface area contributed by atoms with Gasteiger partial charge in [-0.2, -0.15) is 0 Å². The zero-order valence-electron chi connectivity index (χ0n) is 34.2. The molecule has 0 saturated carbocycles. The summed E-state index contributed by atoms with van der Waals surface area (Å²) in [6.07, 6.45) is 0. The van der Waals surface area contributed by atoms with E-state index in [0.717, 1.165) is 27.4 Å². The molecule has 0 fully saturated rings. The molecule has 0 spiro atoms. The highest BCUT2D eigenvalue weighted by Gasteiger charge is 2.22. The van der Waals surface area contributed by atoms with Gasteiger partial charge in [-0.3, -0.25) is 4.57 Å². The van der Waals surface area contributed by atoms with Crippen LogP contribution in [0.1, 0.15) is 0 Å². The van der Waals surface area contributed by atoms with Gasteiger partial charge in [0.25, 0.3) is 0 Å². The Labute approximate surface area is 374 Å². The predicted molar refractivity (Wildman–Crippen MR) is 270 cm³/mol. The van der Waals surface area contributed by atoms with E-state index < -0.39 is 0 Å². The van der Waals surface area contributed by atoms with Crippen molar-refractivity contribution in [3.8, 4) is 81.1 Å². The molecule has 0 atom stereocenters. The van der Waals surface area contributed by atoms with Crippen LogP contribution in [-0.2, 0) is 0 Å². The van der Waals surface area contributed by atoms with E-state index in [-0.39, 0.29) is 0 Å². The van der Waals surface area contributed by atoms with E-state index in [1.54, 1.807) is 11.3 Å². The molecule has 0 aliphatic carbocycles. The molecule has 4 heteroatoms. The maximum atomic E-state index is 5.16. The molecule has 296 valence electrons. The summed E-state index contributed by atoms with van der Waals surface area (Å²) in [5, 5.41) is 4.95. The maximum Gasteiger partial charge on any atom is 0.155 e. The van der Waals surface area contributed by atoms with Crippen molar-refractivity contribution in [2.24, 2.45) is 0 Å². The van der Waals surface area contributed by atoms with Crippen LogP contribution in [0, 0.1) is 0 Å². The maximum absolute atomic E-state index is 5.16. The number of benzene rings is 9. The number of hydrogen-bond donors (Lipinski definition) is 0.